The highest BCUT2D eigenvalue weighted by Gasteiger charge is 2.13. The van der Waals surface area contributed by atoms with Crippen molar-refractivity contribution in [1.29, 1.82) is 0 Å². The molecule has 0 saturated heterocycles. The molecule has 0 aliphatic heterocycles. The fourth-order valence-corrected chi connectivity index (χ4v) is 1.83. The molecule has 0 aliphatic carbocycles. The van der Waals surface area contributed by atoms with E-state index in [1.807, 2.05) is 7.05 Å². The Kier molecular flexibility index (Phi) is 5.72. The molecular formula is C13H22N4O2. The maximum Gasteiger partial charge on any atom is 0.293 e. The van der Waals surface area contributed by atoms with Gasteiger partial charge >= 0.3 is 0 Å². The average molecular weight is 266 g/mol. The predicted octanol–water partition coefficient (Wildman–Crippen LogP) is 2.36. The van der Waals surface area contributed by atoms with Crippen LogP contribution < -0.4 is 11.3 Å². The first-order chi connectivity index (χ1) is 8.93. The summed E-state index contributed by atoms with van der Waals surface area (Å²) in [5.74, 6) is 5.99. The van der Waals surface area contributed by atoms with Gasteiger partial charge in [-0.3, -0.25) is 16.0 Å². The standard InChI is InChI=1S/C13H22N4O2/c1-10(2)6-7-16(3)9-11-4-5-13(17(18)19)12(8-11)15-14/h4-5,8,10,15H,6-7,9,14H2,1-3H3. The first-order valence-corrected chi connectivity index (χ1v) is 6.36. The van der Waals surface area contributed by atoms with E-state index >= 15 is 0 Å². The zero-order valence-electron chi connectivity index (χ0n) is 11.7. The van der Waals surface area contributed by atoms with Gasteiger partial charge in [0.05, 0.1) is 4.92 Å². The highest BCUT2D eigenvalue weighted by molar-refractivity contribution is 5.62. The summed E-state index contributed by atoms with van der Waals surface area (Å²) < 4.78 is 0. The predicted molar refractivity (Wildman–Crippen MR) is 76.7 cm³/mol. The van der Waals surface area contributed by atoms with Gasteiger partial charge in [0.2, 0.25) is 0 Å². The third-order valence-corrected chi connectivity index (χ3v) is 2.95. The Hall–Kier alpha value is -1.66. The van der Waals surface area contributed by atoms with Gasteiger partial charge in [0.25, 0.3) is 5.69 Å². The van der Waals surface area contributed by atoms with Crippen LogP contribution in [0.3, 0.4) is 0 Å². The molecule has 1 aromatic rings. The molecule has 6 heteroatoms. The average Bonchev–Trinajstić information content (AvgIpc) is 2.35. The number of nitrogens with two attached hydrogens (primary N) is 1. The van der Waals surface area contributed by atoms with Gasteiger partial charge in [0.1, 0.15) is 5.69 Å². The summed E-state index contributed by atoms with van der Waals surface area (Å²) in [7, 11) is 2.04. The SMILES string of the molecule is CC(C)CCN(C)Cc1ccc([N+](=O)[O-])c(NN)c1. The number of hydrogen-bond acceptors (Lipinski definition) is 5. The molecular weight excluding hydrogens is 244 g/mol. The van der Waals surface area contributed by atoms with Crippen LogP contribution in [-0.4, -0.2) is 23.4 Å². The molecule has 0 aliphatic rings. The van der Waals surface area contributed by atoms with E-state index in [-0.39, 0.29) is 5.69 Å². The molecule has 19 heavy (non-hydrogen) atoms. The van der Waals surface area contributed by atoms with Crippen LogP contribution in [0.4, 0.5) is 11.4 Å². The van der Waals surface area contributed by atoms with Gasteiger partial charge in [0, 0.05) is 12.6 Å². The lowest BCUT2D eigenvalue weighted by atomic mass is 10.1. The smallest absolute Gasteiger partial charge is 0.293 e. The minimum atomic E-state index is -0.443. The van der Waals surface area contributed by atoms with Gasteiger partial charge in [-0.25, -0.2) is 0 Å². The van der Waals surface area contributed by atoms with Gasteiger partial charge in [-0.2, -0.15) is 0 Å². The number of nitro groups is 1. The summed E-state index contributed by atoms with van der Waals surface area (Å²) in [4.78, 5) is 12.5. The van der Waals surface area contributed by atoms with Crippen molar-refractivity contribution in [1.82, 2.24) is 4.90 Å². The van der Waals surface area contributed by atoms with Crippen LogP contribution in [0.5, 0.6) is 0 Å². The molecule has 106 valence electrons. The van der Waals surface area contributed by atoms with Crippen LogP contribution in [0, 0.1) is 16.0 Å². The van der Waals surface area contributed by atoms with E-state index in [4.69, 9.17) is 5.84 Å². The first kappa shape index (κ1) is 15.4. The van der Waals surface area contributed by atoms with E-state index < -0.39 is 4.92 Å². The Bertz CT molecular complexity index is 435. The molecule has 0 atom stereocenters. The van der Waals surface area contributed by atoms with Gasteiger partial charge in [-0.05, 0) is 37.6 Å². The van der Waals surface area contributed by atoms with Gasteiger partial charge < -0.3 is 10.3 Å². The quantitative estimate of drug-likeness (QED) is 0.449. The van der Waals surface area contributed by atoms with Crippen molar-refractivity contribution in [2.24, 2.45) is 11.8 Å². The number of benzene rings is 1. The second kappa shape index (κ2) is 7.06. The lowest BCUT2D eigenvalue weighted by Crippen LogP contribution is -2.20. The van der Waals surface area contributed by atoms with E-state index in [1.165, 1.54) is 6.07 Å². The largest absolute Gasteiger partial charge is 0.318 e. The zero-order valence-corrected chi connectivity index (χ0v) is 11.7. The van der Waals surface area contributed by atoms with Crippen LogP contribution in [0.15, 0.2) is 18.2 Å². The Morgan fingerprint density at radius 2 is 2.16 bits per heavy atom. The second-order valence-corrected chi connectivity index (χ2v) is 5.17. The monoisotopic (exact) mass is 266 g/mol. The van der Waals surface area contributed by atoms with Gasteiger partial charge in [-0.1, -0.05) is 19.9 Å². The van der Waals surface area contributed by atoms with Crippen molar-refractivity contribution in [2.45, 2.75) is 26.8 Å². The number of nitro benzene ring substituents is 1. The number of nitrogen functional groups attached to an aromatic ring is 1. The van der Waals surface area contributed by atoms with Gasteiger partial charge in [0.15, 0.2) is 0 Å². The van der Waals surface area contributed by atoms with Crippen molar-refractivity contribution in [2.75, 3.05) is 19.0 Å². The fraction of sp³-hybridized carbons (Fsp3) is 0.538. The molecule has 0 saturated carbocycles. The molecule has 0 bridgehead atoms. The Labute approximate surface area is 113 Å². The van der Waals surface area contributed by atoms with Crippen molar-refractivity contribution < 1.29 is 4.92 Å². The van der Waals surface area contributed by atoms with E-state index in [1.54, 1.807) is 12.1 Å². The third kappa shape index (κ3) is 4.84. The molecule has 1 aromatic carbocycles. The van der Waals surface area contributed by atoms with Crippen LogP contribution in [-0.2, 0) is 6.54 Å². The summed E-state index contributed by atoms with van der Waals surface area (Å²) in [5, 5.41) is 10.8. The Morgan fingerprint density at radius 1 is 1.47 bits per heavy atom. The van der Waals surface area contributed by atoms with Crippen molar-refractivity contribution >= 4 is 11.4 Å². The molecule has 0 aromatic heterocycles. The third-order valence-electron chi connectivity index (χ3n) is 2.95. The molecule has 0 unspecified atom stereocenters. The van der Waals surface area contributed by atoms with E-state index in [9.17, 15) is 10.1 Å². The molecule has 1 rings (SSSR count). The van der Waals surface area contributed by atoms with E-state index in [2.05, 4.69) is 24.2 Å². The van der Waals surface area contributed by atoms with Crippen LogP contribution in [0.2, 0.25) is 0 Å². The molecule has 0 heterocycles. The van der Waals surface area contributed by atoms with Crippen LogP contribution >= 0.6 is 0 Å². The Morgan fingerprint density at radius 3 is 2.68 bits per heavy atom. The summed E-state index contributed by atoms with van der Waals surface area (Å²) in [5.41, 5.74) is 3.73. The van der Waals surface area contributed by atoms with Crippen molar-refractivity contribution in [3.63, 3.8) is 0 Å². The first-order valence-electron chi connectivity index (χ1n) is 6.36. The van der Waals surface area contributed by atoms with Gasteiger partial charge in [-0.15, -0.1) is 0 Å². The molecule has 3 N–H and O–H groups in total. The number of nitrogens with zero attached hydrogens (tertiary/aromatic N) is 2. The summed E-state index contributed by atoms with van der Waals surface area (Å²) in [6, 6.07) is 4.98. The Balaban J connectivity index is 2.71. The maximum absolute atomic E-state index is 10.8. The lowest BCUT2D eigenvalue weighted by molar-refractivity contribution is -0.384. The fourth-order valence-electron chi connectivity index (χ4n) is 1.83. The number of nitrogens with one attached hydrogen (secondary N) is 1. The lowest BCUT2D eigenvalue weighted by Gasteiger charge is -2.18. The van der Waals surface area contributed by atoms with Crippen LogP contribution in [0.25, 0.3) is 0 Å². The zero-order chi connectivity index (χ0) is 14.4. The number of hydrogen-bond donors (Lipinski definition) is 2. The molecule has 0 radical (unpaired) electrons. The molecule has 0 spiro atoms. The topological polar surface area (TPSA) is 84.4 Å². The molecule has 6 nitrogen and oxygen atoms in total. The maximum atomic E-state index is 10.8. The van der Waals surface area contributed by atoms with Crippen LogP contribution in [0.1, 0.15) is 25.8 Å². The highest BCUT2D eigenvalue weighted by Crippen LogP contribution is 2.24. The minimum absolute atomic E-state index is 0.00363. The highest BCUT2D eigenvalue weighted by atomic mass is 16.6. The normalized spacial score (nSPS) is 11.1. The summed E-state index contributed by atoms with van der Waals surface area (Å²) in [6.45, 7) is 6.13. The minimum Gasteiger partial charge on any atom is -0.318 e. The molecule has 0 amide bonds. The van der Waals surface area contributed by atoms with Crippen molar-refractivity contribution in [3.8, 4) is 0 Å². The summed E-state index contributed by atoms with van der Waals surface area (Å²) >= 11 is 0. The summed E-state index contributed by atoms with van der Waals surface area (Å²) in [6.07, 6.45) is 1.13. The number of hydrazine groups is 1. The van der Waals surface area contributed by atoms with Crippen molar-refractivity contribution in [3.05, 3.63) is 33.9 Å². The number of anilines is 1. The van der Waals surface area contributed by atoms with E-state index in [0.717, 1.165) is 25.1 Å². The number of rotatable bonds is 7. The molecule has 0 fully saturated rings. The second-order valence-electron chi connectivity index (χ2n) is 5.17. The van der Waals surface area contributed by atoms with E-state index in [0.29, 0.717) is 11.6 Å².